The molecule has 1 aliphatic heterocycles. The Balaban J connectivity index is 0.00000205. The Morgan fingerprint density at radius 1 is 0.949 bits per heavy atom. The summed E-state index contributed by atoms with van der Waals surface area (Å²) in [6, 6.07) is 12.8. The molecule has 0 spiro atoms. The number of benzene rings is 2. The second-order valence-corrected chi connectivity index (χ2v) is 8.64. The number of nitrogens with zero attached hydrogens (tertiary/aromatic N) is 2. The first kappa shape index (κ1) is 28.6. The first-order valence-corrected chi connectivity index (χ1v) is 12.1. The predicted octanol–water partition coefficient (Wildman–Crippen LogP) is 1.59. The van der Waals surface area contributed by atoms with Crippen LogP contribution >= 0.6 is 0 Å². The fourth-order valence-corrected chi connectivity index (χ4v) is 4.28. The Kier molecular flexibility index (Phi) is 9.56. The van der Waals surface area contributed by atoms with Crippen molar-refractivity contribution in [2.75, 3.05) is 38.5 Å². The van der Waals surface area contributed by atoms with Crippen LogP contribution in [0.2, 0.25) is 0 Å². The normalized spacial score (nSPS) is 13.6. The maximum Gasteiger partial charge on any atom is 0.321 e. The van der Waals surface area contributed by atoms with Gasteiger partial charge in [-0.1, -0.05) is 30.3 Å². The van der Waals surface area contributed by atoms with Crippen molar-refractivity contribution in [3.63, 3.8) is 0 Å². The number of hydrogen-bond donors (Lipinski definition) is 4. The molecule has 0 bridgehead atoms. The van der Waals surface area contributed by atoms with E-state index >= 15 is 0 Å². The monoisotopic (exact) mass is 531 g/mol. The summed E-state index contributed by atoms with van der Waals surface area (Å²) in [5.74, 6) is -3.14. The average molecular weight is 532 g/mol. The van der Waals surface area contributed by atoms with Crippen LogP contribution in [0.5, 0.6) is 0 Å². The molecule has 202 valence electrons. The first-order chi connectivity index (χ1) is 18.8. The molecule has 0 saturated carbocycles. The van der Waals surface area contributed by atoms with E-state index in [0.717, 1.165) is 0 Å². The molecule has 3 aromatic rings. The molecule has 1 atom stereocenters. The van der Waals surface area contributed by atoms with Gasteiger partial charge in [0.25, 0.3) is 17.6 Å². The number of terminal acetylenes is 1. The molecule has 4 rings (SSSR count). The molecule has 4 N–H and O–H groups in total. The van der Waals surface area contributed by atoms with Gasteiger partial charge in [0.15, 0.2) is 0 Å². The highest BCUT2D eigenvalue weighted by Crippen LogP contribution is 2.26. The third-order valence-corrected chi connectivity index (χ3v) is 6.34. The van der Waals surface area contributed by atoms with Crippen LogP contribution in [0, 0.1) is 12.8 Å². The van der Waals surface area contributed by atoms with Crippen molar-refractivity contribution in [1.82, 2.24) is 20.1 Å². The van der Waals surface area contributed by atoms with Crippen molar-refractivity contribution in [3.05, 3.63) is 65.9 Å². The number of rotatable bonds is 8. The smallest absolute Gasteiger partial charge is 0.321 e. The second kappa shape index (κ2) is 13.0. The van der Waals surface area contributed by atoms with Gasteiger partial charge in [-0.25, -0.2) is 0 Å². The van der Waals surface area contributed by atoms with E-state index in [1.54, 1.807) is 47.4 Å². The lowest BCUT2D eigenvalue weighted by Crippen LogP contribution is -2.52. The summed E-state index contributed by atoms with van der Waals surface area (Å²) in [7, 11) is 1.45. The van der Waals surface area contributed by atoms with Crippen LogP contribution in [0.25, 0.3) is 10.9 Å². The topological polar surface area (TPSA) is 152 Å². The largest absolute Gasteiger partial charge is 0.480 e. The van der Waals surface area contributed by atoms with E-state index in [2.05, 4.69) is 28.5 Å². The van der Waals surface area contributed by atoms with E-state index in [9.17, 15) is 24.0 Å². The molecule has 1 aromatic heterocycles. The van der Waals surface area contributed by atoms with Gasteiger partial charge in [0.05, 0.1) is 23.2 Å². The molecule has 39 heavy (non-hydrogen) atoms. The van der Waals surface area contributed by atoms with Crippen LogP contribution in [0.4, 0.5) is 5.69 Å². The molecule has 2 heterocycles. The number of aromatic amines is 1. The lowest BCUT2D eigenvalue weighted by Gasteiger charge is -2.34. The van der Waals surface area contributed by atoms with Gasteiger partial charge in [0, 0.05) is 43.3 Å². The number of hydrogen-bond acceptors (Lipinski definition) is 6. The number of carbonyl (C=O) groups excluding carboxylic acids is 4. The van der Waals surface area contributed by atoms with Crippen LogP contribution < -0.4 is 10.6 Å². The highest BCUT2D eigenvalue weighted by molar-refractivity contribution is 6.45. The van der Waals surface area contributed by atoms with Crippen molar-refractivity contribution in [1.29, 1.82) is 0 Å². The maximum absolute atomic E-state index is 13.1. The van der Waals surface area contributed by atoms with Gasteiger partial charge in [-0.3, -0.25) is 24.0 Å². The average Bonchev–Trinajstić information content (AvgIpc) is 3.41. The Bertz CT molecular complexity index is 1390. The predicted molar refractivity (Wildman–Crippen MR) is 145 cm³/mol. The number of aromatic nitrogens is 1. The van der Waals surface area contributed by atoms with Gasteiger partial charge in [-0.2, -0.15) is 0 Å². The molecular formula is C28H29N5O6. The van der Waals surface area contributed by atoms with Gasteiger partial charge in [-0.05, 0) is 25.2 Å². The van der Waals surface area contributed by atoms with Gasteiger partial charge < -0.3 is 30.5 Å². The van der Waals surface area contributed by atoms with E-state index in [1.165, 1.54) is 18.1 Å². The second-order valence-electron chi connectivity index (χ2n) is 8.64. The van der Waals surface area contributed by atoms with Crippen LogP contribution in [-0.4, -0.2) is 88.6 Å². The number of carboxylic acids is 1. The van der Waals surface area contributed by atoms with Crippen molar-refractivity contribution in [2.45, 2.75) is 12.5 Å². The molecular weight excluding hydrogens is 502 g/mol. The van der Waals surface area contributed by atoms with Gasteiger partial charge >= 0.3 is 5.97 Å². The van der Waals surface area contributed by atoms with Crippen molar-refractivity contribution in [2.24, 2.45) is 0 Å². The molecule has 2 aromatic carbocycles. The third kappa shape index (κ3) is 6.49. The van der Waals surface area contributed by atoms with Crippen LogP contribution in [-0.2, 0) is 14.4 Å². The fraction of sp³-hybridized carbons (Fsp3) is 0.250. The number of anilines is 1. The minimum absolute atomic E-state index is 0.116. The highest BCUT2D eigenvalue weighted by Gasteiger charge is 2.30. The molecule has 1 fully saturated rings. The zero-order valence-electron chi connectivity index (χ0n) is 21.3. The number of carbonyl (C=O) groups is 5. The number of carboxylic acid groups (broad SMARTS) is 1. The molecule has 0 aliphatic carbocycles. The van der Waals surface area contributed by atoms with Gasteiger partial charge in [-0.15, -0.1) is 12.8 Å². The van der Waals surface area contributed by atoms with Crippen LogP contribution in [0.15, 0.2) is 54.7 Å². The summed E-state index contributed by atoms with van der Waals surface area (Å²) < 4.78 is 0. The lowest BCUT2D eigenvalue weighted by atomic mass is 10.1. The highest BCUT2D eigenvalue weighted by atomic mass is 16.4. The van der Waals surface area contributed by atoms with Crippen LogP contribution in [0.1, 0.15) is 27.1 Å². The maximum atomic E-state index is 13.1. The van der Waals surface area contributed by atoms with E-state index < -0.39 is 29.6 Å². The molecule has 11 heteroatoms. The number of piperazine rings is 1. The van der Waals surface area contributed by atoms with Crippen molar-refractivity contribution < 1.29 is 29.1 Å². The van der Waals surface area contributed by atoms with E-state index in [-0.39, 0.29) is 31.0 Å². The molecule has 11 nitrogen and oxygen atoms in total. The van der Waals surface area contributed by atoms with Crippen molar-refractivity contribution >= 4 is 46.1 Å². The zero-order valence-corrected chi connectivity index (χ0v) is 21.3. The quantitative estimate of drug-likeness (QED) is 0.196. The molecule has 1 saturated heterocycles. The number of para-hydroxylation sites is 1. The number of fused-ring (bicyclic) bond motifs is 1. The summed E-state index contributed by atoms with van der Waals surface area (Å²) in [6.07, 6.45) is 9.13. The van der Waals surface area contributed by atoms with Crippen molar-refractivity contribution in [3.8, 4) is 12.8 Å². The minimum Gasteiger partial charge on any atom is -0.480 e. The number of H-pyrrole nitrogens is 1. The fourth-order valence-electron chi connectivity index (χ4n) is 4.28. The SMILES string of the molecule is C#C.CNC(CC(=O)Nc1cccc2c(C(=O)C(=O)N3CCN(C(=O)c4ccccc4)CC3)c[nH]c12)C(=O)O. The summed E-state index contributed by atoms with van der Waals surface area (Å²) in [5.41, 5.74) is 1.55. The van der Waals surface area contributed by atoms with Crippen LogP contribution in [0.3, 0.4) is 0 Å². The number of ketones is 1. The summed E-state index contributed by atoms with van der Waals surface area (Å²) >= 11 is 0. The van der Waals surface area contributed by atoms with E-state index in [1.807, 2.05) is 6.07 Å². The minimum atomic E-state index is -1.15. The summed E-state index contributed by atoms with van der Waals surface area (Å²) in [4.78, 5) is 68.3. The third-order valence-electron chi connectivity index (χ3n) is 6.34. The Labute approximate surface area is 225 Å². The molecule has 3 amide bonds. The molecule has 1 aliphatic rings. The summed E-state index contributed by atoms with van der Waals surface area (Å²) in [5, 5.41) is 14.8. The number of aliphatic carboxylic acids is 1. The first-order valence-electron chi connectivity index (χ1n) is 12.1. The number of Topliss-reactive ketones (excluding diaryl/α,β-unsaturated/α-hetero) is 1. The van der Waals surface area contributed by atoms with Gasteiger partial charge in [0.1, 0.15) is 6.04 Å². The summed E-state index contributed by atoms with van der Waals surface area (Å²) in [6.45, 7) is 1.12. The Morgan fingerprint density at radius 2 is 1.59 bits per heavy atom. The Hall–Kier alpha value is -4.95. The molecule has 1 unspecified atom stereocenters. The van der Waals surface area contributed by atoms with E-state index in [4.69, 9.17) is 5.11 Å². The lowest BCUT2D eigenvalue weighted by molar-refractivity contribution is -0.140. The number of likely N-dealkylation sites (N-methyl/N-ethyl adjacent to an activating group) is 1. The van der Waals surface area contributed by atoms with E-state index in [0.29, 0.717) is 35.2 Å². The molecule has 0 radical (unpaired) electrons. The standard InChI is InChI=1S/C26H27N5O6.C2H2/c1-27-20(26(36)37)14-21(32)29-19-9-5-8-17-18(15-28-22(17)19)23(33)25(35)31-12-10-30(11-13-31)24(34)16-6-3-2-4-7-16;1-2/h2-9,15,20,27-28H,10-14H2,1H3,(H,29,32)(H,36,37);1-2H. The zero-order chi connectivity index (χ0) is 28.5. The Morgan fingerprint density at radius 3 is 2.21 bits per heavy atom. The number of amides is 3. The van der Waals surface area contributed by atoms with Gasteiger partial charge in [0.2, 0.25) is 5.91 Å². The number of nitrogens with one attached hydrogen (secondary N) is 3.